The van der Waals surface area contributed by atoms with E-state index in [1.54, 1.807) is 24.3 Å². The zero-order valence-corrected chi connectivity index (χ0v) is 11.3. The number of carbonyl (C=O) groups is 1. The molecule has 104 valence electrons. The first kappa shape index (κ1) is 14.5. The lowest BCUT2D eigenvalue weighted by Crippen LogP contribution is -2.01. The quantitative estimate of drug-likeness (QED) is 0.850. The molecule has 0 atom stereocenters. The van der Waals surface area contributed by atoms with Crippen LogP contribution in [0.4, 0.5) is 8.78 Å². The van der Waals surface area contributed by atoms with E-state index in [1.165, 1.54) is 11.8 Å². The molecule has 0 aromatic heterocycles. The first-order valence-electron chi connectivity index (χ1n) is 5.92. The molecular weight excluding hydrogens is 282 g/mol. The van der Waals surface area contributed by atoms with E-state index in [0.717, 1.165) is 23.1 Å². The highest BCUT2D eigenvalue weighted by atomic mass is 32.2. The molecule has 0 aliphatic heterocycles. The van der Waals surface area contributed by atoms with Gasteiger partial charge in [0.1, 0.15) is 11.6 Å². The maximum atomic E-state index is 13.5. The van der Waals surface area contributed by atoms with Crippen LogP contribution in [0.1, 0.15) is 11.1 Å². The van der Waals surface area contributed by atoms with Crippen molar-refractivity contribution in [3.63, 3.8) is 0 Å². The van der Waals surface area contributed by atoms with Crippen LogP contribution in [0.3, 0.4) is 0 Å². The summed E-state index contributed by atoms with van der Waals surface area (Å²) in [6.07, 6.45) is -0.0885. The summed E-state index contributed by atoms with van der Waals surface area (Å²) in [6, 6.07) is 10.4. The third kappa shape index (κ3) is 3.81. The highest BCUT2D eigenvalue weighted by Crippen LogP contribution is 2.27. The van der Waals surface area contributed by atoms with Crippen molar-refractivity contribution in [2.45, 2.75) is 17.1 Å². The molecule has 0 heterocycles. The largest absolute Gasteiger partial charge is 0.481 e. The SMILES string of the molecule is O=C(O)Cc1ccccc1SCc1cc(F)ccc1F. The van der Waals surface area contributed by atoms with E-state index in [-0.39, 0.29) is 17.7 Å². The number of hydrogen-bond donors (Lipinski definition) is 1. The molecule has 0 radical (unpaired) electrons. The van der Waals surface area contributed by atoms with Gasteiger partial charge in [-0.1, -0.05) is 18.2 Å². The Bertz CT molecular complexity index is 629. The maximum absolute atomic E-state index is 13.5. The third-order valence-electron chi connectivity index (χ3n) is 2.71. The Kier molecular flexibility index (Phi) is 4.74. The van der Waals surface area contributed by atoms with Crippen molar-refractivity contribution in [1.82, 2.24) is 0 Å². The van der Waals surface area contributed by atoms with Gasteiger partial charge in [0.25, 0.3) is 0 Å². The summed E-state index contributed by atoms with van der Waals surface area (Å²) in [5.41, 5.74) is 0.932. The summed E-state index contributed by atoms with van der Waals surface area (Å²) >= 11 is 1.29. The second kappa shape index (κ2) is 6.52. The summed E-state index contributed by atoms with van der Waals surface area (Å²) in [5.74, 6) is -1.62. The summed E-state index contributed by atoms with van der Waals surface area (Å²) < 4.78 is 26.6. The Morgan fingerprint density at radius 1 is 1.10 bits per heavy atom. The fraction of sp³-hybridized carbons (Fsp3) is 0.133. The predicted octanol–water partition coefficient (Wildman–Crippen LogP) is 3.88. The predicted molar refractivity (Wildman–Crippen MR) is 73.7 cm³/mol. The van der Waals surface area contributed by atoms with Crippen molar-refractivity contribution < 1.29 is 18.7 Å². The number of carboxylic acids is 1. The van der Waals surface area contributed by atoms with E-state index in [1.807, 2.05) is 0 Å². The minimum atomic E-state index is -0.921. The topological polar surface area (TPSA) is 37.3 Å². The highest BCUT2D eigenvalue weighted by molar-refractivity contribution is 7.98. The van der Waals surface area contributed by atoms with Crippen LogP contribution in [0.15, 0.2) is 47.4 Å². The molecule has 2 rings (SSSR count). The van der Waals surface area contributed by atoms with Gasteiger partial charge in [-0.05, 0) is 29.8 Å². The third-order valence-corrected chi connectivity index (χ3v) is 3.87. The van der Waals surface area contributed by atoms with Crippen LogP contribution in [0, 0.1) is 11.6 Å². The molecule has 2 nitrogen and oxygen atoms in total. The van der Waals surface area contributed by atoms with Gasteiger partial charge < -0.3 is 5.11 Å². The minimum absolute atomic E-state index is 0.0885. The fourth-order valence-electron chi connectivity index (χ4n) is 1.76. The molecular formula is C15H12F2O2S. The number of rotatable bonds is 5. The lowest BCUT2D eigenvalue weighted by Gasteiger charge is -2.08. The van der Waals surface area contributed by atoms with Gasteiger partial charge in [0, 0.05) is 16.2 Å². The number of benzene rings is 2. The van der Waals surface area contributed by atoms with Crippen molar-refractivity contribution in [2.24, 2.45) is 0 Å². The summed E-state index contributed by atoms with van der Waals surface area (Å²) in [5, 5.41) is 8.84. The molecule has 0 aliphatic carbocycles. The van der Waals surface area contributed by atoms with Crippen LogP contribution >= 0.6 is 11.8 Å². The maximum Gasteiger partial charge on any atom is 0.307 e. The first-order valence-corrected chi connectivity index (χ1v) is 6.91. The molecule has 2 aromatic rings. The monoisotopic (exact) mass is 294 g/mol. The van der Waals surface area contributed by atoms with E-state index in [0.29, 0.717) is 5.56 Å². The van der Waals surface area contributed by atoms with E-state index in [4.69, 9.17) is 5.11 Å². The molecule has 1 N–H and O–H groups in total. The van der Waals surface area contributed by atoms with Gasteiger partial charge in [-0.25, -0.2) is 8.78 Å². The first-order chi connectivity index (χ1) is 9.56. The van der Waals surface area contributed by atoms with Gasteiger partial charge in [-0.3, -0.25) is 4.79 Å². The molecule has 5 heteroatoms. The second-order valence-electron chi connectivity index (χ2n) is 4.20. The van der Waals surface area contributed by atoms with Crippen LogP contribution in [0.25, 0.3) is 0 Å². The molecule has 0 bridgehead atoms. The van der Waals surface area contributed by atoms with E-state index >= 15 is 0 Å². The van der Waals surface area contributed by atoms with Crippen molar-refractivity contribution in [1.29, 1.82) is 0 Å². The Morgan fingerprint density at radius 3 is 2.60 bits per heavy atom. The van der Waals surface area contributed by atoms with E-state index in [2.05, 4.69) is 0 Å². The number of halogens is 2. The van der Waals surface area contributed by atoms with Gasteiger partial charge in [0.15, 0.2) is 0 Å². The summed E-state index contributed by atoms with van der Waals surface area (Å²) in [7, 11) is 0. The van der Waals surface area contributed by atoms with E-state index in [9.17, 15) is 13.6 Å². The Morgan fingerprint density at radius 2 is 1.85 bits per heavy atom. The normalized spacial score (nSPS) is 10.5. The standard InChI is InChI=1S/C15H12F2O2S/c16-12-5-6-13(17)11(7-12)9-20-14-4-2-1-3-10(14)8-15(18)19/h1-7H,8-9H2,(H,18,19). The van der Waals surface area contributed by atoms with Gasteiger partial charge in [0.05, 0.1) is 6.42 Å². The van der Waals surface area contributed by atoms with Crippen molar-refractivity contribution in [2.75, 3.05) is 0 Å². The minimum Gasteiger partial charge on any atom is -0.481 e. The zero-order valence-electron chi connectivity index (χ0n) is 10.5. The lowest BCUT2D eigenvalue weighted by molar-refractivity contribution is -0.136. The number of hydrogen-bond acceptors (Lipinski definition) is 2. The van der Waals surface area contributed by atoms with Crippen molar-refractivity contribution in [3.8, 4) is 0 Å². The molecule has 0 amide bonds. The molecule has 0 saturated carbocycles. The number of carboxylic acid groups (broad SMARTS) is 1. The molecule has 0 spiro atoms. The van der Waals surface area contributed by atoms with Crippen LogP contribution < -0.4 is 0 Å². The number of thioether (sulfide) groups is 1. The fourth-order valence-corrected chi connectivity index (χ4v) is 2.80. The number of aliphatic carboxylic acids is 1. The Balaban J connectivity index is 2.14. The van der Waals surface area contributed by atoms with Gasteiger partial charge >= 0.3 is 5.97 Å². The average Bonchev–Trinajstić information content (AvgIpc) is 2.41. The Hall–Kier alpha value is -1.88. The molecule has 20 heavy (non-hydrogen) atoms. The molecule has 2 aromatic carbocycles. The highest BCUT2D eigenvalue weighted by Gasteiger charge is 2.09. The smallest absolute Gasteiger partial charge is 0.307 e. The van der Waals surface area contributed by atoms with Crippen LogP contribution in [-0.2, 0) is 17.0 Å². The van der Waals surface area contributed by atoms with Crippen LogP contribution in [0.2, 0.25) is 0 Å². The van der Waals surface area contributed by atoms with Gasteiger partial charge in [0.2, 0.25) is 0 Å². The molecule has 0 unspecified atom stereocenters. The van der Waals surface area contributed by atoms with E-state index < -0.39 is 17.6 Å². The summed E-state index contributed by atoms with van der Waals surface area (Å²) in [4.78, 5) is 11.5. The summed E-state index contributed by atoms with van der Waals surface area (Å²) in [6.45, 7) is 0. The second-order valence-corrected chi connectivity index (χ2v) is 5.22. The van der Waals surface area contributed by atoms with Crippen molar-refractivity contribution >= 4 is 17.7 Å². The molecule has 0 aliphatic rings. The lowest BCUT2D eigenvalue weighted by atomic mass is 10.1. The van der Waals surface area contributed by atoms with Crippen molar-refractivity contribution in [3.05, 3.63) is 65.2 Å². The molecule has 0 fully saturated rings. The van der Waals surface area contributed by atoms with Gasteiger partial charge in [-0.15, -0.1) is 11.8 Å². The Labute approximate surface area is 119 Å². The van der Waals surface area contributed by atoms with Crippen LogP contribution in [0.5, 0.6) is 0 Å². The molecule has 0 saturated heterocycles. The van der Waals surface area contributed by atoms with Crippen LogP contribution in [-0.4, -0.2) is 11.1 Å². The zero-order chi connectivity index (χ0) is 14.5. The van der Waals surface area contributed by atoms with Gasteiger partial charge in [-0.2, -0.15) is 0 Å². The average molecular weight is 294 g/mol.